The van der Waals surface area contributed by atoms with Crippen molar-refractivity contribution >= 4 is 35.6 Å². The predicted octanol–water partition coefficient (Wildman–Crippen LogP) is 3.52. The highest BCUT2D eigenvalue weighted by Crippen LogP contribution is 2.31. The second kappa shape index (κ2) is 12.5. The van der Waals surface area contributed by atoms with E-state index < -0.39 is 6.61 Å². The number of rotatable bonds is 8. The summed E-state index contributed by atoms with van der Waals surface area (Å²) in [6, 6.07) is 7.72. The van der Waals surface area contributed by atoms with Crippen LogP contribution in [0.25, 0.3) is 0 Å². The maximum absolute atomic E-state index is 12.7. The zero-order chi connectivity index (χ0) is 20.6. The summed E-state index contributed by atoms with van der Waals surface area (Å²) in [6.07, 6.45) is 3.36. The fourth-order valence-corrected chi connectivity index (χ4v) is 4.24. The normalized spacial score (nSPS) is 22.3. The highest BCUT2D eigenvalue weighted by molar-refractivity contribution is 14.0. The van der Waals surface area contributed by atoms with Gasteiger partial charge in [-0.05, 0) is 51.4 Å². The third kappa shape index (κ3) is 6.83. The summed E-state index contributed by atoms with van der Waals surface area (Å²) in [7, 11) is 0. The SMILES string of the molecule is CCNC(=NCC1CCCN1CC)NC1CCN(c2ccccc2OC(F)F)C1.I. The minimum absolute atomic E-state index is 0. The Bertz CT molecular complexity index is 679. The summed E-state index contributed by atoms with van der Waals surface area (Å²) in [5.74, 6) is 1.06. The zero-order valence-corrected chi connectivity index (χ0v) is 20.1. The van der Waals surface area contributed by atoms with Crippen LogP contribution in [0.4, 0.5) is 14.5 Å². The van der Waals surface area contributed by atoms with E-state index in [4.69, 9.17) is 9.73 Å². The van der Waals surface area contributed by atoms with Crippen molar-refractivity contribution in [3.8, 4) is 5.75 Å². The Labute approximate surface area is 195 Å². The van der Waals surface area contributed by atoms with Gasteiger partial charge < -0.3 is 20.3 Å². The van der Waals surface area contributed by atoms with E-state index in [1.54, 1.807) is 12.1 Å². The van der Waals surface area contributed by atoms with E-state index in [0.717, 1.165) is 45.1 Å². The number of ether oxygens (including phenoxy) is 1. The van der Waals surface area contributed by atoms with Gasteiger partial charge in [-0.3, -0.25) is 9.89 Å². The van der Waals surface area contributed by atoms with E-state index in [1.807, 2.05) is 12.1 Å². The number of halogens is 3. The summed E-state index contributed by atoms with van der Waals surface area (Å²) in [5, 5.41) is 6.86. The molecule has 2 saturated heterocycles. The van der Waals surface area contributed by atoms with Gasteiger partial charge in [-0.1, -0.05) is 19.1 Å². The Morgan fingerprint density at radius 2 is 2.03 bits per heavy atom. The monoisotopic (exact) mass is 537 g/mol. The molecule has 0 aliphatic carbocycles. The Balaban J connectivity index is 0.00000320. The number of benzene rings is 1. The van der Waals surface area contributed by atoms with E-state index in [0.29, 0.717) is 11.7 Å². The van der Waals surface area contributed by atoms with Crippen LogP contribution in [0.1, 0.15) is 33.1 Å². The van der Waals surface area contributed by atoms with Crippen molar-refractivity contribution in [1.82, 2.24) is 15.5 Å². The maximum Gasteiger partial charge on any atom is 0.387 e. The van der Waals surface area contributed by atoms with Crippen molar-refractivity contribution in [1.29, 1.82) is 0 Å². The van der Waals surface area contributed by atoms with Gasteiger partial charge in [0.2, 0.25) is 0 Å². The standard InChI is InChI=1S/C21H33F2N5O.HI/c1-3-24-21(25-14-17-8-7-12-27(17)4-2)26-16-11-13-28(15-16)18-9-5-6-10-19(18)29-20(22)23;/h5-6,9-10,16-17,20H,3-4,7-8,11-15H2,1-2H3,(H2,24,25,26);1H. The van der Waals surface area contributed by atoms with Crippen LogP contribution in [-0.2, 0) is 0 Å². The zero-order valence-electron chi connectivity index (χ0n) is 17.8. The molecule has 170 valence electrons. The summed E-state index contributed by atoms with van der Waals surface area (Å²) in [4.78, 5) is 9.40. The molecule has 9 heteroatoms. The smallest absolute Gasteiger partial charge is 0.387 e. The first-order valence-electron chi connectivity index (χ1n) is 10.7. The third-order valence-electron chi connectivity index (χ3n) is 5.66. The molecule has 3 rings (SSSR count). The van der Waals surface area contributed by atoms with Crippen molar-refractivity contribution < 1.29 is 13.5 Å². The summed E-state index contributed by atoms with van der Waals surface area (Å²) >= 11 is 0. The van der Waals surface area contributed by atoms with Crippen LogP contribution in [0.15, 0.2) is 29.3 Å². The van der Waals surface area contributed by atoms with Gasteiger partial charge in [0.25, 0.3) is 0 Å². The van der Waals surface area contributed by atoms with E-state index in [2.05, 4.69) is 34.3 Å². The molecule has 30 heavy (non-hydrogen) atoms. The van der Waals surface area contributed by atoms with Crippen LogP contribution >= 0.6 is 24.0 Å². The molecular formula is C21H34F2IN5O. The lowest BCUT2D eigenvalue weighted by Crippen LogP contribution is -2.45. The first-order chi connectivity index (χ1) is 14.1. The molecule has 0 amide bonds. The lowest BCUT2D eigenvalue weighted by molar-refractivity contribution is -0.0495. The van der Waals surface area contributed by atoms with Crippen LogP contribution in [0.5, 0.6) is 5.75 Å². The van der Waals surface area contributed by atoms with Crippen molar-refractivity contribution in [2.75, 3.05) is 44.2 Å². The van der Waals surface area contributed by atoms with Crippen LogP contribution in [0, 0.1) is 0 Å². The molecule has 6 nitrogen and oxygen atoms in total. The molecule has 1 aromatic carbocycles. The summed E-state index contributed by atoms with van der Waals surface area (Å²) in [5.41, 5.74) is 0.712. The number of anilines is 1. The third-order valence-corrected chi connectivity index (χ3v) is 5.66. The molecule has 0 bridgehead atoms. The number of guanidine groups is 1. The lowest BCUT2D eigenvalue weighted by Gasteiger charge is -2.23. The second-order valence-electron chi connectivity index (χ2n) is 7.57. The molecular weight excluding hydrogens is 503 g/mol. The molecule has 2 fully saturated rings. The maximum atomic E-state index is 12.7. The Hall–Kier alpha value is -1.36. The van der Waals surface area contributed by atoms with Gasteiger partial charge in [0.05, 0.1) is 12.2 Å². The van der Waals surface area contributed by atoms with Gasteiger partial charge in [0, 0.05) is 31.7 Å². The number of nitrogens with one attached hydrogen (secondary N) is 2. The number of para-hydroxylation sites is 2. The summed E-state index contributed by atoms with van der Waals surface area (Å²) in [6.45, 7) is 6.78. The molecule has 1 aromatic rings. The minimum Gasteiger partial charge on any atom is -0.433 e. The van der Waals surface area contributed by atoms with Crippen molar-refractivity contribution in [2.24, 2.45) is 4.99 Å². The molecule has 2 aliphatic rings. The number of hydrogen-bond acceptors (Lipinski definition) is 4. The summed E-state index contributed by atoms with van der Waals surface area (Å²) < 4.78 is 30.1. The highest BCUT2D eigenvalue weighted by atomic mass is 127. The molecule has 2 atom stereocenters. The quantitative estimate of drug-likeness (QED) is 0.302. The van der Waals surface area contributed by atoms with Crippen LogP contribution in [0.2, 0.25) is 0 Å². The van der Waals surface area contributed by atoms with Gasteiger partial charge in [0.1, 0.15) is 5.75 Å². The van der Waals surface area contributed by atoms with E-state index in [-0.39, 0.29) is 35.8 Å². The van der Waals surface area contributed by atoms with Crippen molar-refractivity contribution in [3.63, 3.8) is 0 Å². The average Bonchev–Trinajstić information content (AvgIpc) is 3.35. The van der Waals surface area contributed by atoms with E-state index in [1.165, 1.54) is 19.4 Å². The van der Waals surface area contributed by atoms with Crippen LogP contribution in [0.3, 0.4) is 0 Å². The van der Waals surface area contributed by atoms with Gasteiger partial charge in [0.15, 0.2) is 5.96 Å². The molecule has 0 aromatic heterocycles. The number of likely N-dealkylation sites (N-methyl/N-ethyl adjacent to an activating group) is 1. The molecule has 2 N–H and O–H groups in total. The molecule has 2 unspecified atom stereocenters. The van der Waals surface area contributed by atoms with E-state index in [9.17, 15) is 8.78 Å². The molecule has 0 saturated carbocycles. The fourth-order valence-electron chi connectivity index (χ4n) is 4.24. The second-order valence-corrected chi connectivity index (χ2v) is 7.57. The molecule has 2 heterocycles. The Morgan fingerprint density at radius 1 is 1.23 bits per heavy atom. The first-order valence-corrected chi connectivity index (χ1v) is 10.7. The van der Waals surface area contributed by atoms with Gasteiger partial charge in [-0.25, -0.2) is 0 Å². The molecule has 2 aliphatic heterocycles. The molecule has 0 radical (unpaired) electrons. The number of nitrogens with zero attached hydrogens (tertiary/aromatic N) is 3. The van der Waals surface area contributed by atoms with Gasteiger partial charge >= 0.3 is 6.61 Å². The minimum atomic E-state index is -2.82. The van der Waals surface area contributed by atoms with Gasteiger partial charge in [-0.15, -0.1) is 24.0 Å². The van der Waals surface area contributed by atoms with Crippen molar-refractivity contribution in [2.45, 2.75) is 51.8 Å². The number of hydrogen-bond donors (Lipinski definition) is 2. The largest absolute Gasteiger partial charge is 0.433 e. The Kier molecular flexibility index (Phi) is 10.4. The van der Waals surface area contributed by atoms with Crippen LogP contribution in [-0.4, -0.2) is 68.8 Å². The number of aliphatic imine (C=N–C) groups is 1. The Morgan fingerprint density at radius 3 is 2.77 bits per heavy atom. The lowest BCUT2D eigenvalue weighted by atomic mass is 10.2. The topological polar surface area (TPSA) is 52.1 Å². The first kappa shape index (κ1) is 24.9. The molecule has 0 spiro atoms. The van der Waals surface area contributed by atoms with Crippen LogP contribution < -0.4 is 20.3 Å². The fraction of sp³-hybridized carbons (Fsp3) is 0.667. The van der Waals surface area contributed by atoms with E-state index >= 15 is 0 Å². The van der Waals surface area contributed by atoms with Crippen molar-refractivity contribution in [3.05, 3.63) is 24.3 Å². The number of alkyl halides is 2. The number of likely N-dealkylation sites (tertiary alicyclic amines) is 1. The highest BCUT2D eigenvalue weighted by Gasteiger charge is 2.27. The predicted molar refractivity (Wildman–Crippen MR) is 128 cm³/mol. The van der Waals surface area contributed by atoms with Gasteiger partial charge in [-0.2, -0.15) is 8.78 Å². The average molecular weight is 537 g/mol.